The minimum Gasteiger partial charge on any atom is -0.0654 e. The Morgan fingerprint density at radius 3 is 0.977 bits per heavy atom. The molecule has 0 radical (unpaired) electrons. The Morgan fingerprint density at radius 1 is 0.295 bits per heavy atom. The standard InChI is InChI=1S/C44H52/c1-3-5-7-9-11-13-15-17-33-19-23-37-35(31-33)21-25-41-39(37)27-29-44-42-26-22-36-32-34(18-16-14-12-10-8-6-4-2)20-24-38(36)40(42)28-30-43(41)44/h19-32H,3-18H2,1-2H3. The Labute approximate surface area is 265 Å². The average molecular weight is 581 g/mol. The highest BCUT2D eigenvalue weighted by Crippen LogP contribution is 2.37. The van der Waals surface area contributed by atoms with Gasteiger partial charge >= 0.3 is 0 Å². The maximum Gasteiger partial charge on any atom is -0.00987 e. The average Bonchev–Trinajstić information content (AvgIpc) is 3.06. The summed E-state index contributed by atoms with van der Waals surface area (Å²) < 4.78 is 0. The van der Waals surface area contributed by atoms with Crippen LogP contribution in [0.3, 0.4) is 0 Å². The molecule has 6 rings (SSSR count). The smallest absolute Gasteiger partial charge is 0.00987 e. The number of rotatable bonds is 16. The lowest BCUT2D eigenvalue weighted by atomic mass is 9.91. The lowest BCUT2D eigenvalue weighted by Gasteiger charge is -2.13. The molecule has 6 aromatic rings. The number of benzene rings is 6. The van der Waals surface area contributed by atoms with E-state index in [9.17, 15) is 0 Å². The van der Waals surface area contributed by atoms with Crippen LogP contribution in [0.25, 0.3) is 53.9 Å². The van der Waals surface area contributed by atoms with Crippen molar-refractivity contribution in [3.8, 4) is 0 Å². The van der Waals surface area contributed by atoms with Crippen LogP contribution in [0.5, 0.6) is 0 Å². The van der Waals surface area contributed by atoms with Gasteiger partial charge in [-0.25, -0.2) is 0 Å². The summed E-state index contributed by atoms with van der Waals surface area (Å²) in [5.74, 6) is 0. The third kappa shape index (κ3) is 6.96. The Hall–Kier alpha value is -3.38. The quantitative estimate of drug-likeness (QED) is 0.0789. The molecular formula is C44H52. The number of fused-ring (bicyclic) bond motifs is 9. The van der Waals surface area contributed by atoms with Gasteiger partial charge in [0.15, 0.2) is 0 Å². The molecule has 0 N–H and O–H groups in total. The van der Waals surface area contributed by atoms with Crippen molar-refractivity contribution in [3.05, 3.63) is 96.1 Å². The van der Waals surface area contributed by atoms with Gasteiger partial charge in [0.25, 0.3) is 0 Å². The normalized spacial score (nSPS) is 12.0. The third-order valence-electron chi connectivity index (χ3n) is 10.1. The van der Waals surface area contributed by atoms with E-state index in [0.29, 0.717) is 0 Å². The largest absolute Gasteiger partial charge is 0.0654 e. The second-order valence-corrected chi connectivity index (χ2v) is 13.4. The van der Waals surface area contributed by atoms with Gasteiger partial charge in [-0.1, -0.05) is 176 Å². The number of aryl methyl sites for hydroxylation is 2. The second-order valence-electron chi connectivity index (χ2n) is 13.4. The van der Waals surface area contributed by atoms with Crippen LogP contribution in [0.2, 0.25) is 0 Å². The SMILES string of the molecule is CCCCCCCCCc1ccc2c(ccc3c2ccc2c4ccc5cc(CCCCCCCCC)ccc5c4ccc32)c1. The summed E-state index contributed by atoms with van der Waals surface area (Å²) in [6, 6.07) is 33.3. The highest BCUT2D eigenvalue weighted by atomic mass is 14.1. The van der Waals surface area contributed by atoms with Crippen LogP contribution in [0.4, 0.5) is 0 Å². The lowest BCUT2D eigenvalue weighted by molar-refractivity contribution is 0.589. The second kappa shape index (κ2) is 15.1. The monoisotopic (exact) mass is 580 g/mol. The van der Waals surface area contributed by atoms with Gasteiger partial charge in [0, 0.05) is 0 Å². The van der Waals surface area contributed by atoms with Crippen molar-refractivity contribution >= 4 is 53.9 Å². The summed E-state index contributed by atoms with van der Waals surface area (Å²) in [5.41, 5.74) is 2.96. The minimum atomic E-state index is 1.19. The maximum atomic E-state index is 2.43. The van der Waals surface area contributed by atoms with E-state index >= 15 is 0 Å². The fourth-order valence-electron chi connectivity index (χ4n) is 7.50. The van der Waals surface area contributed by atoms with Gasteiger partial charge in [-0.15, -0.1) is 0 Å². The van der Waals surface area contributed by atoms with E-state index in [1.54, 1.807) is 0 Å². The summed E-state index contributed by atoms with van der Waals surface area (Å²) in [6.45, 7) is 4.59. The molecule has 228 valence electrons. The first-order valence-electron chi connectivity index (χ1n) is 18.0. The summed E-state index contributed by atoms with van der Waals surface area (Å²) in [6.07, 6.45) is 21.5. The van der Waals surface area contributed by atoms with Crippen molar-refractivity contribution < 1.29 is 0 Å². The Kier molecular flexibility index (Phi) is 10.5. The molecule has 0 atom stereocenters. The van der Waals surface area contributed by atoms with Crippen LogP contribution < -0.4 is 0 Å². The fourth-order valence-corrected chi connectivity index (χ4v) is 7.50. The number of hydrogen-bond acceptors (Lipinski definition) is 0. The van der Waals surface area contributed by atoms with Crippen LogP contribution in [-0.2, 0) is 12.8 Å². The van der Waals surface area contributed by atoms with Gasteiger partial charge in [-0.2, -0.15) is 0 Å². The van der Waals surface area contributed by atoms with Crippen molar-refractivity contribution in [2.24, 2.45) is 0 Å². The summed E-state index contributed by atoms with van der Waals surface area (Å²) >= 11 is 0. The highest BCUT2D eigenvalue weighted by Gasteiger charge is 2.10. The molecule has 0 aliphatic carbocycles. The van der Waals surface area contributed by atoms with Crippen molar-refractivity contribution in [1.82, 2.24) is 0 Å². The van der Waals surface area contributed by atoms with Crippen LogP contribution >= 0.6 is 0 Å². The van der Waals surface area contributed by atoms with Gasteiger partial charge in [-0.3, -0.25) is 0 Å². The summed E-state index contributed by atoms with van der Waals surface area (Å²) in [7, 11) is 0. The summed E-state index contributed by atoms with van der Waals surface area (Å²) in [4.78, 5) is 0. The van der Waals surface area contributed by atoms with Gasteiger partial charge < -0.3 is 0 Å². The van der Waals surface area contributed by atoms with E-state index < -0.39 is 0 Å². The van der Waals surface area contributed by atoms with Crippen molar-refractivity contribution in [1.29, 1.82) is 0 Å². The van der Waals surface area contributed by atoms with E-state index in [-0.39, 0.29) is 0 Å². The van der Waals surface area contributed by atoms with Gasteiger partial charge in [-0.05, 0) is 90.7 Å². The summed E-state index contributed by atoms with van der Waals surface area (Å²) in [5, 5.41) is 13.7. The topological polar surface area (TPSA) is 0 Å². The van der Waals surface area contributed by atoms with Crippen LogP contribution in [0.15, 0.2) is 84.9 Å². The van der Waals surface area contributed by atoms with E-state index in [1.807, 2.05) is 0 Å². The maximum absolute atomic E-state index is 2.43. The molecule has 0 aliphatic heterocycles. The van der Waals surface area contributed by atoms with Crippen molar-refractivity contribution in [2.45, 2.75) is 117 Å². The third-order valence-corrected chi connectivity index (χ3v) is 10.1. The molecule has 0 nitrogen and oxygen atoms in total. The molecule has 0 saturated heterocycles. The molecule has 0 spiro atoms. The molecule has 0 heteroatoms. The number of unbranched alkanes of at least 4 members (excludes halogenated alkanes) is 12. The first-order chi connectivity index (χ1) is 21.8. The zero-order chi connectivity index (χ0) is 30.1. The molecule has 0 fully saturated rings. The highest BCUT2D eigenvalue weighted by molar-refractivity contribution is 6.24. The molecule has 0 aliphatic rings. The van der Waals surface area contributed by atoms with E-state index in [1.165, 1.54) is 168 Å². The molecule has 0 unspecified atom stereocenters. The molecular weight excluding hydrogens is 528 g/mol. The molecule has 0 aromatic heterocycles. The molecule has 0 saturated carbocycles. The fraction of sp³-hybridized carbons (Fsp3) is 0.409. The Balaban J connectivity index is 1.20. The van der Waals surface area contributed by atoms with Crippen LogP contribution in [-0.4, -0.2) is 0 Å². The zero-order valence-electron chi connectivity index (χ0n) is 27.4. The van der Waals surface area contributed by atoms with Gasteiger partial charge in [0.05, 0.1) is 0 Å². The van der Waals surface area contributed by atoms with Gasteiger partial charge in [0.2, 0.25) is 0 Å². The van der Waals surface area contributed by atoms with E-state index in [4.69, 9.17) is 0 Å². The zero-order valence-corrected chi connectivity index (χ0v) is 27.4. The molecule has 44 heavy (non-hydrogen) atoms. The van der Waals surface area contributed by atoms with Crippen molar-refractivity contribution in [3.63, 3.8) is 0 Å². The predicted octanol–water partition coefficient (Wildman–Crippen LogP) is 14.0. The van der Waals surface area contributed by atoms with Crippen LogP contribution in [0, 0.1) is 0 Å². The molecule has 6 aromatic carbocycles. The molecule has 0 amide bonds. The van der Waals surface area contributed by atoms with Crippen molar-refractivity contribution in [2.75, 3.05) is 0 Å². The molecule has 0 bridgehead atoms. The minimum absolute atomic E-state index is 1.19. The molecule has 0 heterocycles. The first kappa shape index (κ1) is 30.6. The predicted molar refractivity (Wildman–Crippen MR) is 197 cm³/mol. The lowest BCUT2D eigenvalue weighted by Crippen LogP contribution is -1.89. The van der Waals surface area contributed by atoms with Crippen LogP contribution in [0.1, 0.15) is 115 Å². The van der Waals surface area contributed by atoms with Gasteiger partial charge in [0.1, 0.15) is 0 Å². The Morgan fingerprint density at radius 2 is 0.591 bits per heavy atom. The van der Waals surface area contributed by atoms with E-state index in [2.05, 4.69) is 98.8 Å². The number of hydrogen-bond donors (Lipinski definition) is 0. The van der Waals surface area contributed by atoms with E-state index in [0.717, 1.165) is 0 Å². The Bertz CT molecular complexity index is 1700. The first-order valence-corrected chi connectivity index (χ1v) is 18.0.